The number of hydrogen-bond donors (Lipinski definition) is 1. The van der Waals surface area contributed by atoms with E-state index in [2.05, 4.69) is 15.3 Å². The Morgan fingerprint density at radius 3 is 2.96 bits per heavy atom. The van der Waals surface area contributed by atoms with E-state index in [4.69, 9.17) is 9.15 Å². The third kappa shape index (κ3) is 3.52. The van der Waals surface area contributed by atoms with Crippen molar-refractivity contribution in [2.45, 2.75) is 13.5 Å². The molecule has 0 spiro atoms. The second-order valence-corrected chi connectivity index (χ2v) is 6.65. The van der Waals surface area contributed by atoms with Gasteiger partial charge in [0.2, 0.25) is 5.91 Å². The summed E-state index contributed by atoms with van der Waals surface area (Å²) in [6, 6.07) is 13.2. The normalized spacial score (nSPS) is 11.2. The number of fused-ring (bicyclic) bond motifs is 2. The molecule has 6 nitrogen and oxygen atoms in total. The highest BCUT2D eigenvalue weighted by Gasteiger charge is 2.08. The van der Waals surface area contributed by atoms with Gasteiger partial charge in [-0.15, -0.1) is 11.3 Å². The molecule has 0 saturated heterocycles. The summed E-state index contributed by atoms with van der Waals surface area (Å²) in [5.74, 6) is 0.373. The van der Waals surface area contributed by atoms with Crippen LogP contribution >= 0.6 is 11.3 Å². The highest BCUT2D eigenvalue weighted by molar-refractivity contribution is 7.18. The van der Waals surface area contributed by atoms with Crippen molar-refractivity contribution in [3.8, 4) is 0 Å². The predicted octanol–water partition coefficient (Wildman–Crippen LogP) is 3.90. The first kappa shape index (κ1) is 15.7. The van der Waals surface area contributed by atoms with E-state index in [1.165, 1.54) is 0 Å². The Balaban J connectivity index is 1.33. The van der Waals surface area contributed by atoms with Gasteiger partial charge in [-0.2, -0.15) is 0 Å². The van der Waals surface area contributed by atoms with E-state index >= 15 is 0 Å². The van der Waals surface area contributed by atoms with E-state index in [1.807, 2.05) is 24.3 Å². The minimum Gasteiger partial charge on any atom is -0.441 e. The largest absolute Gasteiger partial charge is 0.441 e. The molecule has 7 heteroatoms. The molecule has 0 aliphatic rings. The number of nitrogens with one attached hydrogen (secondary N) is 1. The minimum atomic E-state index is -0.222. The van der Waals surface area contributed by atoms with Crippen LogP contribution in [0, 0.1) is 6.92 Å². The van der Waals surface area contributed by atoms with Crippen molar-refractivity contribution >= 4 is 44.2 Å². The SMILES string of the molecule is Cc1nc2cc(NC(=O)COCc3nc4ccccc4s3)ccc2o1. The lowest BCUT2D eigenvalue weighted by Gasteiger charge is -2.05. The summed E-state index contributed by atoms with van der Waals surface area (Å²) in [7, 11) is 0. The quantitative estimate of drug-likeness (QED) is 0.589. The first-order valence-corrected chi connectivity index (χ1v) is 8.58. The van der Waals surface area contributed by atoms with Crippen molar-refractivity contribution in [2.75, 3.05) is 11.9 Å². The zero-order chi connectivity index (χ0) is 17.2. The fourth-order valence-corrected chi connectivity index (χ4v) is 3.44. The van der Waals surface area contributed by atoms with Crippen LogP contribution < -0.4 is 5.32 Å². The summed E-state index contributed by atoms with van der Waals surface area (Å²) in [6.45, 7) is 2.06. The lowest BCUT2D eigenvalue weighted by atomic mass is 10.3. The third-order valence-corrected chi connectivity index (χ3v) is 4.59. The summed E-state index contributed by atoms with van der Waals surface area (Å²) in [5, 5.41) is 3.65. The monoisotopic (exact) mass is 353 g/mol. The van der Waals surface area contributed by atoms with Crippen LogP contribution in [0.4, 0.5) is 5.69 Å². The number of anilines is 1. The number of carbonyl (C=O) groups excluding carboxylic acids is 1. The van der Waals surface area contributed by atoms with Gasteiger partial charge >= 0.3 is 0 Å². The molecule has 0 unspecified atom stereocenters. The molecule has 4 aromatic rings. The van der Waals surface area contributed by atoms with E-state index in [9.17, 15) is 4.79 Å². The molecule has 0 aliphatic heterocycles. The van der Waals surface area contributed by atoms with Gasteiger partial charge in [0.05, 0.1) is 16.8 Å². The predicted molar refractivity (Wildman–Crippen MR) is 96.7 cm³/mol. The van der Waals surface area contributed by atoms with Gasteiger partial charge < -0.3 is 14.5 Å². The van der Waals surface area contributed by atoms with Crippen LogP contribution in [-0.4, -0.2) is 22.5 Å². The zero-order valence-corrected chi connectivity index (χ0v) is 14.3. The molecule has 0 bridgehead atoms. The average Bonchev–Trinajstić information content (AvgIpc) is 3.16. The number of thiazole rings is 1. The highest BCUT2D eigenvalue weighted by Crippen LogP contribution is 2.22. The van der Waals surface area contributed by atoms with Crippen molar-refractivity contribution in [3.63, 3.8) is 0 Å². The second-order valence-electron chi connectivity index (χ2n) is 5.53. The molecule has 126 valence electrons. The van der Waals surface area contributed by atoms with Gasteiger partial charge in [-0.05, 0) is 30.3 Å². The Kier molecular flexibility index (Phi) is 4.17. The molecule has 0 aliphatic carbocycles. The van der Waals surface area contributed by atoms with Crippen LogP contribution in [-0.2, 0) is 16.1 Å². The maximum Gasteiger partial charge on any atom is 0.250 e. The molecule has 1 amide bonds. The Labute approximate surface area is 147 Å². The number of oxazole rings is 1. The maximum absolute atomic E-state index is 12.0. The standard InChI is InChI=1S/C18H15N3O3S/c1-11-19-14-8-12(6-7-15(14)24-11)20-17(22)9-23-10-18-21-13-4-2-3-5-16(13)25-18/h2-8H,9-10H2,1H3,(H,20,22). The van der Waals surface area contributed by atoms with E-state index in [0.717, 1.165) is 15.2 Å². The number of aryl methyl sites for hydroxylation is 1. The summed E-state index contributed by atoms with van der Waals surface area (Å²) in [5.41, 5.74) is 3.02. The molecule has 0 fully saturated rings. The van der Waals surface area contributed by atoms with Gasteiger partial charge in [-0.1, -0.05) is 12.1 Å². The topological polar surface area (TPSA) is 77.2 Å². The molecule has 25 heavy (non-hydrogen) atoms. The van der Waals surface area contributed by atoms with Crippen molar-refractivity contribution in [1.82, 2.24) is 9.97 Å². The zero-order valence-electron chi connectivity index (χ0n) is 13.5. The lowest BCUT2D eigenvalue weighted by Crippen LogP contribution is -2.18. The number of aromatic nitrogens is 2. The number of carbonyl (C=O) groups is 1. The van der Waals surface area contributed by atoms with Gasteiger partial charge in [0.1, 0.15) is 17.1 Å². The molecule has 0 saturated carbocycles. The van der Waals surface area contributed by atoms with Crippen LogP contribution in [0.15, 0.2) is 46.9 Å². The van der Waals surface area contributed by atoms with Crippen LogP contribution in [0.3, 0.4) is 0 Å². The summed E-state index contributed by atoms with van der Waals surface area (Å²) < 4.78 is 12.0. The smallest absolute Gasteiger partial charge is 0.250 e. The molecule has 1 N–H and O–H groups in total. The van der Waals surface area contributed by atoms with Crippen LogP contribution in [0.5, 0.6) is 0 Å². The Bertz CT molecular complexity index is 1020. The van der Waals surface area contributed by atoms with Gasteiger partial charge in [-0.25, -0.2) is 9.97 Å². The first-order chi connectivity index (χ1) is 12.2. The van der Waals surface area contributed by atoms with Crippen molar-refractivity contribution in [3.05, 3.63) is 53.4 Å². The van der Waals surface area contributed by atoms with E-state index < -0.39 is 0 Å². The van der Waals surface area contributed by atoms with E-state index in [0.29, 0.717) is 29.3 Å². The number of amides is 1. The fraction of sp³-hybridized carbons (Fsp3) is 0.167. The number of benzene rings is 2. The molecule has 2 aromatic carbocycles. The number of nitrogens with zero attached hydrogens (tertiary/aromatic N) is 2. The van der Waals surface area contributed by atoms with Crippen molar-refractivity contribution < 1.29 is 13.9 Å². The maximum atomic E-state index is 12.0. The number of hydrogen-bond acceptors (Lipinski definition) is 6. The van der Waals surface area contributed by atoms with Crippen LogP contribution in [0.2, 0.25) is 0 Å². The molecule has 2 aromatic heterocycles. The molecule has 2 heterocycles. The Morgan fingerprint density at radius 2 is 2.08 bits per heavy atom. The summed E-state index contributed by atoms with van der Waals surface area (Å²) in [4.78, 5) is 20.7. The van der Waals surface area contributed by atoms with Gasteiger partial charge in [0, 0.05) is 12.6 Å². The van der Waals surface area contributed by atoms with Crippen LogP contribution in [0.1, 0.15) is 10.9 Å². The molecular weight excluding hydrogens is 338 g/mol. The van der Waals surface area contributed by atoms with Crippen molar-refractivity contribution in [1.29, 1.82) is 0 Å². The van der Waals surface area contributed by atoms with Gasteiger partial charge in [0.25, 0.3) is 0 Å². The highest BCUT2D eigenvalue weighted by atomic mass is 32.1. The minimum absolute atomic E-state index is 0.0359. The number of ether oxygens (including phenoxy) is 1. The van der Waals surface area contributed by atoms with Gasteiger partial charge in [0.15, 0.2) is 11.5 Å². The average molecular weight is 353 g/mol. The number of rotatable bonds is 5. The molecule has 0 radical (unpaired) electrons. The Morgan fingerprint density at radius 1 is 1.20 bits per heavy atom. The van der Waals surface area contributed by atoms with E-state index in [-0.39, 0.29) is 12.5 Å². The summed E-state index contributed by atoms with van der Waals surface area (Å²) >= 11 is 1.57. The van der Waals surface area contributed by atoms with Crippen LogP contribution in [0.25, 0.3) is 21.3 Å². The molecular formula is C18H15N3O3S. The molecule has 0 atom stereocenters. The van der Waals surface area contributed by atoms with Crippen molar-refractivity contribution in [2.24, 2.45) is 0 Å². The molecule has 4 rings (SSSR count). The third-order valence-electron chi connectivity index (χ3n) is 3.58. The fourth-order valence-electron chi connectivity index (χ4n) is 2.53. The lowest BCUT2D eigenvalue weighted by molar-refractivity contribution is -0.121. The Hall–Kier alpha value is -2.77. The number of para-hydroxylation sites is 1. The summed E-state index contributed by atoms with van der Waals surface area (Å²) in [6.07, 6.45) is 0. The van der Waals surface area contributed by atoms with Gasteiger partial charge in [-0.3, -0.25) is 4.79 Å². The first-order valence-electron chi connectivity index (χ1n) is 7.76. The second kappa shape index (κ2) is 6.62. The van der Waals surface area contributed by atoms with E-state index in [1.54, 1.807) is 36.5 Å².